The third-order valence-corrected chi connectivity index (χ3v) is 3.46. The monoisotopic (exact) mass is 267 g/mol. The zero-order chi connectivity index (χ0) is 13.0. The molecule has 1 aliphatic rings. The number of amides is 1. The summed E-state index contributed by atoms with van der Waals surface area (Å²) in [6, 6.07) is 7.86. The van der Waals surface area contributed by atoms with Crippen molar-refractivity contribution in [2.75, 3.05) is 23.9 Å². The van der Waals surface area contributed by atoms with Crippen molar-refractivity contribution in [3.63, 3.8) is 0 Å². The lowest BCUT2D eigenvalue weighted by molar-refractivity contribution is -0.116. The lowest BCUT2D eigenvalue weighted by Gasteiger charge is -2.26. The summed E-state index contributed by atoms with van der Waals surface area (Å²) in [5.74, 6) is -0.0670. The van der Waals surface area contributed by atoms with Gasteiger partial charge in [-0.1, -0.05) is 18.2 Å². The number of halogens is 1. The molecule has 4 heteroatoms. The molecule has 0 aromatic heterocycles. The first-order valence-electron chi connectivity index (χ1n) is 6.26. The van der Waals surface area contributed by atoms with Crippen molar-refractivity contribution in [1.82, 2.24) is 0 Å². The number of para-hydroxylation sites is 1. The largest absolute Gasteiger partial charge is 0.376 e. The van der Waals surface area contributed by atoms with Gasteiger partial charge in [0.15, 0.2) is 0 Å². The zero-order valence-corrected chi connectivity index (χ0v) is 11.3. The number of carbonyl (C=O) groups is 1. The number of carbonyl (C=O) groups excluding carboxylic acids is 1. The van der Waals surface area contributed by atoms with Crippen molar-refractivity contribution in [2.45, 2.75) is 25.9 Å². The smallest absolute Gasteiger partial charge is 0.242 e. The maximum Gasteiger partial charge on any atom is 0.242 e. The Morgan fingerprint density at radius 1 is 1.50 bits per heavy atom. The Hall–Kier alpha value is -1.06. The molecule has 1 atom stereocenters. The number of aryl methyl sites for hydroxylation is 1. The van der Waals surface area contributed by atoms with Gasteiger partial charge in [0.2, 0.25) is 5.91 Å². The van der Waals surface area contributed by atoms with Gasteiger partial charge in [-0.15, -0.1) is 11.6 Å². The minimum Gasteiger partial charge on any atom is -0.376 e. The predicted octanol–water partition coefficient (Wildman–Crippen LogP) is 2.75. The van der Waals surface area contributed by atoms with Crippen LogP contribution in [0.4, 0.5) is 5.69 Å². The zero-order valence-electron chi connectivity index (χ0n) is 10.6. The highest BCUT2D eigenvalue weighted by atomic mass is 35.5. The molecule has 0 N–H and O–H groups in total. The topological polar surface area (TPSA) is 29.5 Å². The van der Waals surface area contributed by atoms with Crippen molar-refractivity contribution < 1.29 is 9.53 Å². The number of hydrogen-bond acceptors (Lipinski definition) is 2. The predicted molar refractivity (Wildman–Crippen MR) is 73.2 cm³/mol. The maximum absolute atomic E-state index is 12.0. The summed E-state index contributed by atoms with van der Waals surface area (Å²) in [7, 11) is 0. The molecule has 0 radical (unpaired) electrons. The SMILES string of the molecule is Cc1ccccc1N(CC1CCCO1)C(=O)CCl. The van der Waals surface area contributed by atoms with Crippen LogP contribution in [0.3, 0.4) is 0 Å². The van der Waals surface area contributed by atoms with E-state index in [4.69, 9.17) is 16.3 Å². The number of rotatable bonds is 4. The molecular formula is C14H18ClNO2. The molecule has 1 aromatic rings. The molecule has 0 saturated carbocycles. The molecule has 3 nitrogen and oxygen atoms in total. The summed E-state index contributed by atoms with van der Waals surface area (Å²) in [6.07, 6.45) is 2.22. The Balaban J connectivity index is 2.19. The second kappa shape index (κ2) is 6.21. The molecule has 2 rings (SSSR count). The second-order valence-electron chi connectivity index (χ2n) is 4.56. The van der Waals surface area contributed by atoms with Crippen molar-refractivity contribution in [2.24, 2.45) is 0 Å². The van der Waals surface area contributed by atoms with Gasteiger partial charge in [-0.05, 0) is 31.4 Å². The van der Waals surface area contributed by atoms with E-state index in [0.717, 1.165) is 30.7 Å². The van der Waals surface area contributed by atoms with Gasteiger partial charge in [0.05, 0.1) is 12.6 Å². The third-order valence-electron chi connectivity index (χ3n) is 3.23. The number of benzene rings is 1. The van der Waals surface area contributed by atoms with Gasteiger partial charge in [-0.2, -0.15) is 0 Å². The van der Waals surface area contributed by atoms with E-state index < -0.39 is 0 Å². The minimum absolute atomic E-state index is 0.00105. The highest BCUT2D eigenvalue weighted by Gasteiger charge is 2.23. The molecule has 98 valence electrons. The van der Waals surface area contributed by atoms with Gasteiger partial charge in [0, 0.05) is 12.3 Å². The lowest BCUT2D eigenvalue weighted by atomic mass is 10.1. The fourth-order valence-electron chi connectivity index (χ4n) is 2.26. The van der Waals surface area contributed by atoms with E-state index in [2.05, 4.69) is 0 Å². The maximum atomic E-state index is 12.0. The molecule has 1 aromatic carbocycles. The van der Waals surface area contributed by atoms with Crippen LogP contribution < -0.4 is 4.90 Å². The normalized spacial score (nSPS) is 18.9. The van der Waals surface area contributed by atoms with Crippen LogP contribution in [-0.4, -0.2) is 31.0 Å². The molecular weight excluding hydrogens is 250 g/mol. The Morgan fingerprint density at radius 2 is 2.28 bits per heavy atom. The molecule has 1 fully saturated rings. The summed E-state index contributed by atoms with van der Waals surface area (Å²) in [6.45, 7) is 3.39. The molecule has 1 saturated heterocycles. The molecule has 0 aliphatic carbocycles. The van der Waals surface area contributed by atoms with Crippen LogP contribution in [0.2, 0.25) is 0 Å². The molecule has 1 aliphatic heterocycles. The summed E-state index contributed by atoms with van der Waals surface area (Å²) in [5.41, 5.74) is 2.01. The van der Waals surface area contributed by atoms with Gasteiger partial charge in [-0.3, -0.25) is 4.79 Å². The second-order valence-corrected chi connectivity index (χ2v) is 4.83. The highest BCUT2D eigenvalue weighted by molar-refractivity contribution is 6.29. The number of nitrogens with zero attached hydrogens (tertiary/aromatic N) is 1. The first-order valence-corrected chi connectivity index (χ1v) is 6.79. The first kappa shape index (κ1) is 13.4. The van der Waals surface area contributed by atoms with E-state index in [1.54, 1.807) is 4.90 Å². The van der Waals surface area contributed by atoms with E-state index >= 15 is 0 Å². The van der Waals surface area contributed by atoms with Crippen LogP contribution >= 0.6 is 11.6 Å². The Labute approximate surface area is 113 Å². The fourth-order valence-corrected chi connectivity index (χ4v) is 2.41. The molecule has 18 heavy (non-hydrogen) atoms. The first-order chi connectivity index (χ1) is 8.72. The molecule has 0 bridgehead atoms. The molecule has 1 amide bonds. The lowest BCUT2D eigenvalue weighted by Crippen LogP contribution is -2.38. The van der Waals surface area contributed by atoms with E-state index in [1.807, 2.05) is 31.2 Å². The van der Waals surface area contributed by atoms with Gasteiger partial charge in [-0.25, -0.2) is 0 Å². The van der Waals surface area contributed by atoms with Crippen molar-refractivity contribution in [3.8, 4) is 0 Å². The molecule has 1 heterocycles. The number of anilines is 1. The number of ether oxygens (including phenoxy) is 1. The van der Waals surface area contributed by atoms with Gasteiger partial charge in [0.1, 0.15) is 5.88 Å². The molecule has 0 spiro atoms. The summed E-state index contributed by atoms with van der Waals surface area (Å²) >= 11 is 5.70. The Kier molecular flexibility index (Phi) is 4.61. The summed E-state index contributed by atoms with van der Waals surface area (Å²) in [4.78, 5) is 13.7. The summed E-state index contributed by atoms with van der Waals surface area (Å²) < 4.78 is 5.60. The Morgan fingerprint density at radius 3 is 2.89 bits per heavy atom. The quantitative estimate of drug-likeness (QED) is 0.785. The van der Waals surface area contributed by atoms with Gasteiger partial charge in [0.25, 0.3) is 0 Å². The minimum atomic E-state index is -0.0681. The number of alkyl halides is 1. The Bertz CT molecular complexity index is 416. The van der Waals surface area contributed by atoms with Crippen LogP contribution in [0.5, 0.6) is 0 Å². The van der Waals surface area contributed by atoms with Gasteiger partial charge >= 0.3 is 0 Å². The highest BCUT2D eigenvalue weighted by Crippen LogP contribution is 2.23. The van der Waals surface area contributed by atoms with Crippen molar-refractivity contribution in [1.29, 1.82) is 0 Å². The van der Waals surface area contributed by atoms with Crippen LogP contribution in [0.1, 0.15) is 18.4 Å². The standard InChI is InChI=1S/C14H18ClNO2/c1-11-5-2-3-7-13(11)16(14(17)9-15)10-12-6-4-8-18-12/h2-3,5,7,12H,4,6,8-10H2,1H3. The van der Waals surface area contributed by atoms with Crippen molar-refractivity contribution in [3.05, 3.63) is 29.8 Å². The van der Waals surface area contributed by atoms with Gasteiger partial charge < -0.3 is 9.64 Å². The van der Waals surface area contributed by atoms with Crippen LogP contribution in [0.25, 0.3) is 0 Å². The van der Waals surface area contributed by atoms with Crippen LogP contribution in [-0.2, 0) is 9.53 Å². The number of hydrogen-bond donors (Lipinski definition) is 0. The van der Waals surface area contributed by atoms with Crippen molar-refractivity contribution >= 4 is 23.2 Å². The van der Waals surface area contributed by atoms with E-state index in [9.17, 15) is 4.79 Å². The van der Waals surface area contributed by atoms with Crippen LogP contribution in [0, 0.1) is 6.92 Å². The summed E-state index contributed by atoms with van der Waals surface area (Å²) in [5, 5.41) is 0. The van der Waals surface area contributed by atoms with E-state index in [1.165, 1.54) is 0 Å². The third kappa shape index (κ3) is 3.03. The molecule has 1 unspecified atom stereocenters. The van der Waals surface area contributed by atoms with E-state index in [-0.39, 0.29) is 17.9 Å². The van der Waals surface area contributed by atoms with E-state index in [0.29, 0.717) is 6.54 Å². The average Bonchev–Trinajstić information content (AvgIpc) is 2.89. The van der Waals surface area contributed by atoms with Crippen LogP contribution in [0.15, 0.2) is 24.3 Å². The average molecular weight is 268 g/mol. The fraction of sp³-hybridized carbons (Fsp3) is 0.500.